The van der Waals surface area contributed by atoms with Crippen LogP contribution in [-0.4, -0.2) is 5.91 Å². The monoisotopic (exact) mass is 228 g/mol. The van der Waals surface area contributed by atoms with Crippen molar-refractivity contribution in [2.75, 3.05) is 5.32 Å². The third-order valence-corrected chi connectivity index (χ3v) is 2.08. The van der Waals surface area contributed by atoms with E-state index in [1.807, 2.05) is 0 Å². The fourth-order valence-electron chi connectivity index (χ4n) is 1.34. The minimum Gasteiger partial charge on any atom is -0.326 e. The zero-order valence-corrected chi connectivity index (χ0v) is 9.13. The fraction of sp³-hybridized carbons (Fsp3) is 0.364. The van der Waals surface area contributed by atoms with Crippen LogP contribution in [0.3, 0.4) is 0 Å². The van der Waals surface area contributed by atoms with E-state index in [1.165, 1.54) is 19.1 Å². The van der Waals surface area contributed by atoms with Gasteiger partial charge >= 0.3 is 0 Å². The molecule has 1 aromatic carbocycles. The number of alkyl halides is 2. The summed E-state index contributed by atoms with van der Waals surface area (Å²) in [4.78, 5) is 10.8. The first-order valence-corrected chi connectivity index (χ1v) is 4.86. The van der Waals surface area contributed by atoms with Crippen molar-refractivity contribution in [3.05, 3.63) is 29.3 Å². The predicted molar refractivity (Wildman–Crippen MR) is 58.3 cm³/mol. The molecule has 0 saturated carbocycles. The molecule has 0 spiro atoms. The number of hydrogen-bond acceptors (Lipinski definition) is 2. The standard InChI is InChI=1S/C11H14F2N2O/c1-6(14)8-3-9(11(12)13)5-10(4-8)15-7(2)16/h3-6,11H,14H2,1-2H3,(H,15,16)/t6-/m1/s1. The minimum absolute atomic E-state index is 0.140. The van der Waals surface area contributed by atoms with Gasteiger partial charge in [0.25, 0.3) is 6.43 Å². The van der Waals surface area contributed by atoms with Crippen molar-refractivity contribution in [3.8, 4) is 0 Å². The van der Waals surface area contributed by atoms with E-state index in [9.17, 15) is 13.6 Å². The molecule has 88 valence electrons. The van der Waals surface area contributed by atoms with E-state index >= 15 is 0 Å². The molecule has 1 rings (SSSR count). The smallest absolute Gasteiger partial charge is 0.263 e. The van der Waals surface area contributed by atoms with Crippen LogP contribution in [0.1, 0.15) is 37.4 Å². The van der Waals surface area contributed by atoms with E-state index in [1.54, 1.807) is 13.0 Å². The number of carbonyl (C=O) groups excluding carboxylic acids is 1. The third kappa shape index (κ3) is 3.27. The van der Waals surface area contributed by atoms with Crippen molar-refractivity contribution in [2.45, 2.75) is 26.3 Å². The maximum Gasteiger partial charge on any atom is 0.263 e. The van der Waals surface area contributed by atoms with Gasteiger partial charge in [-0.3, -0.25) is 4.79 Å². The molecule has 0 aliphatic heterocycles. The van der Waals surface area contributed by atoms with E-state index in [4.69, 9.17) is 5.73 Å². The van der Waals surface area contributed by atoms with Crippen molar-refractivity contribution in [1.82, 2.24) is 0 Å². The number of amides is 1. The first kappa shape index (κ1) is 12.6. The lowest BCUT2D eigenvalue weighted by Crippen LogP contribution is -2.10. The van der Waals surface area contributed by atoms with Gasteiger partial charge in [-0.2, -0.15) is 0 Å². The topological polar surface area (TPSA) is 55.1 Å². The van der Waals surface area contributed by atoms with Gasteiger partial charge in [-0.1, -0.05) is 0 Å². The highest BCUT2D eigenvalue weighted by atomic mass is 19.3. The lowest BCUT2D eigenvalue weighted by atomic mass is 10.0. The van der Waals surface area contributed by atoms with Gasteiger partial charge in [-0.05, 0) is 30.7 Å². The molecular weight excluding hydrogens is 214 g/mol. The molecule has 1 aromatic rings. The Kier molecular flexibility index (Phi) is 3.95. The van der Waals surface area contributed by atoms with Gasteiger partial charge in [0.2, 0.25) is 5.91 Å². The second-order valence-corrected chi connectivity index (χ2v) is 3.66. The maximum atomic E-state index is 12.6. The summed E-state index contributed by atoms with van der Waals surface area (Å²) in [6, 6.07) is 3.84. The van der Waals surface area contributed by atoms with Gasteiger partial charge in [0.15, 0.2) is 0 Å². The molecule has 0 fully saturated rings. The molecule has 0 unspecified atom stereocenters. The SMILES string of the molecule is CC(=O)Nc1cc(C(F)F)cc([C@@H](C)N)c1. The van der Waals surface area contributed by atoms with Crippen molar-refractivity contribution in [3.63, 3.8) is 0 Å². The quantitative estimate of drug-likeness (QED) is 0.835. The Morgan fingerprint density at radius 3 is 2.31 bits per heavy atom. The summed E-state index contributed by atoms with van der Waals surface area (Å²) < 4.78 is 25.1. The summed E-state index contributed by atoms with van der Waals surface area (Å²) in [5, 5.41) is 2.47. The normalized spacial score (nSPS) is 12.6. The Bertz CT molecular complexity index is 365. The fourth-order valence-corrected chi connectivity index (χ4v) is 1.34. The molecule has 0 radical (unpaired) electrons. The largest absolute Gasteiger partial charge is 0.326 e. The highest BCUT2D eigenvalue weighted by Crippen LogP contribution is 2.26. The number of anilines is 1. The lowest BCUT2D eigenvalue weighted by Gasteiger charge is -2.12. The van der Waals surface area contributed by atoms with Crippen molar-refractivity contribution in [2.24, 2.45) is 5.73 Å². The molecule has 1 amide bonds. The first-order valence-electron chi connectivity index (χ1n) is 4.86. The number of rotatable bonds is 3. The van der Waals surface area contributed by atoms with Crippen molar-refractivity contribution < 1.29 is 13.6 Å². The van der Waals surface area contributed by atoms with Gasteiger partial charge in [-0.25, -0.2) is 8.78 Å². The van der Waals surface area contributed by atoms with E-state index in [2.05, 4.69) is 5.32 Å². The molecule has 0 heterocycles. The Hall–Kier alpha value is -1.49. The minimum atomic E-state index is -2.58. The van der Waals surface area contributed by atoms with Gasteiger partial charge in [0.1, 0.15) is 0 Å². The summed E-state index contributed by atoms with van der Waals surface area (Å²) in [5.74, 6) is -0.304. The summed E-state index contributed by atoms with van der Waals surface area (Å²) >= 11 is 0. The van der Waals surface area contributed by atoms with Crippen LogP contribution in [0, 0.1) is 0 Å². The van der Waals surface area contributed by atoms with Gasteiger partial charge < -0.3 is 11.1 Å². The van der Waals surface area contributed by atoms with E-state index in [0.717, 1.165) is 0 Å². The Labute approximate surface area is 92.6 Å². The zero-order valence-electron chi connectivity index (χ0n) is 9.13. The third-order valence-electron chi connectivity index (χ3n) is 2.08. The molecule has 0 aromatic heterocycles. The second-order valence-electron chi connectivity index (χ2n) is 3.66. The molecule has 5 heteroatoms. The first-order chi connectivity index (χ1) is 7.40. The highest BCUT2D eigenvalue weighted by molar-refractivity contribution is 5.88. The molecular formula is C11H14F2N2O. The zero-order chi connectivity index (χ0) is 12.3. The van der Waals surface area contributed by atoms with E-state index < -0.39 is 6.43 Å². The number of benzene rings is 1. The number of nitrogens with two attached hydrogens (primary N) is 1. The molecule has 1 atom stereocenters. The molecule has 16 heavy (non-hydrogen) atoms. The molecule has 3 nitrogen and oxygen atoms in total. The average molecular weight is 228 g/mol. The molecule has 3 N–H and O–H groups in total. The summed E-state index contributed by atoms with van der Waals surface area (Å²) in [6.07, 6.45) is -2.58. The number of hydrogen-bond donors (Lipinski definition) is 2. The second kappa shape index (κ2) is 5.03. The molecule has 0 bridgehead atoms. The average Bonchev–Trinajstić information content (AvgIpc) is 2.15. The Morgan fingerprint density at radius 2 is 1.88 bits per heavy atom. The molecule has 0 saturated heterocycles. The molecule has 0 aliphatic rings. The molecule has 0 aliphatic carbocycles. The maximum absolute atomic E-state index is 12.6. The van der Waals surface area contributed by atoms with Crippen LogP contribution in [0.25, 0.3) is 0 Å². The van der Waals surface area contributed by atoms with E-state index in [0.29, 0.717) is 11.3 Å². The summed E-state index contributed by atoms with van der Waals surface area (Å²) in [5.41, 5.74) is 6.40. The van der Waals surface area contributed by atoms with Crippen LogP contribution in [0.4, 0.5) is 14.5 Å². The summed E-state index contributed by atoms with van der Waals surface area (Å²) in [7, 11) is 0. The summed E-state index contributed by atoms with van der Waals surface area (Å²) in [6.45, 7) is 3.02. The lowest BCUT2D eigenvalue weighted by molar-refractivity contribution is -0.114. The van der Waals surface area contributed by atoms with Crippen LogP contribution < -0.4 is 11.1 Å². The van der Waals surface area contributed by atoms with Gasteiger partial charge in [-0.15, -0.1) is 0 Å². The highest BCUT2D eigenvalue weighted by Gasteiger charge is 2.12. The van der Waals surface area contributed by atoms with Crippen LogP contribution in [0.5, 0.6) is 0 Å². The number of carbonyl (C=O) groups is 1. The van der Waals surface area contributed by atoms with E-state index in [-0.39, 0.29) is 17.5 Å². The predicted octanol–water partition coefficient (Wildman–Crippen LogP) is 2.60. The van der Waals surface area contributed by atoms with Crippen LogP contribution in [0.15, 0.2) is 18.2 Å². The van der Waals surface area contributed by atoms with Gasteiger partial charge in [0, 0.05) is 24.2 Å². The van der Waals surface area contributed by atoms with Crippen LogP contribution in [-0.2, 0) is 4.79 Å². The number of nitrogens with one attached hydrogen (secondary N) is 1. The van der Waals surface area contributed by atoms with Crippen molar-refractivity contribution >= 4 is 11.6 Å². The van der Waals surface area contributed by atoms with Crippen LogP contribution >= 0.6 is 0 Å². The Morgan fingerprint density at radius 1 is 1.31 bits per heavy atom. The van der Waals surface area contributed by atoms with Gasteiger partial charge in [0.05, 0.1) is 0 Å². The number of halogens is 2. The Balaban J connectivity index is 3.13. The van der Waals surface area contributed by atoms with Crippen molar-refractivity contribution in [1.29, 1.82) is 0 Å². The van der Waals surface area contributed by atoms with Crippen LogP contribution in [0.2, 0.25) is 0 Å².